The molecule has 0 amide bonds. The van der Waals surface area contributed by atoms with Crippen LogP contribution in [0.25, 0.3) is 11.2 Å². The third kappa shape index (κ3) is 4.35. The highest BCUT2D eigenvalue weighted by Crippen LogP contribution is 2.57. The molecule has 3 rings (SSSR count). The van der Waals surface area contributed by atoms with Gasteiger partial charge < -0.3 is 35.4 Å². The van der Waals surface area contributed by atoms with Gasteiger partial charge in [-0.2, -0.15) is 0 Å². The maximum atomic E-state index is 11.7. The zero-order valence-corrected chi connectivity index (χ0v) is 15.3. The van der Waals surface area contributed by atoms with E-state index in [0.717, 1.165) is 0 Å². The van der Waals surface area contributed by atoms with Gasteiger partial charge in [-0.25, -0.2) is 23.8 Å². The molecule has 3 heterocycles. The van der Waals surface area contributed by atoms with Crippen molar-refractivity contribution >= 4 is 32.4 Å². The minimum Gasteiger partial charge on any atom is -0.388 e. The molecule has 0 aliphatic carbocycles. The first-order chi connectivity index (χ1) is 12.5. The molecule has 16 heteroatoms. The summed E-state index contributed by atoms with van der Waals surface area (Å²) in [5, 5.41) is 20.4. The van der Waals surface area contributed by atoms with Crippen molar-refractivity contribution in [3.63, 3.8) is 0 Å². The van der Waals surface area contributed by atoms with Gasteiger partial charge in [-0.3, -0.25) is 9.13 Å². The molecule has 1 aliphatic heterocycles. The fourth-order valence-electron chi connectivity index (χ4n) is 2.75. The monoisotopic (exact) mass is 425 g/mol. The number of rotatable bonds is 6. The molecule has 0 aromatic carbocycles. The van der Waals surface area contributed by atoms with Gasteiger partial charge in [0.15, 0.2) is 17.7 Å². The van der Waals surface area contributed by atoms with E-state index in [4.69, 9.17) is 20.3 Å². The smallest absolute Gasteiger partial charge is 0.388 e. The average Bonchev–Trinajstić information content (AvgIpc) is 3.07. The Hall–Kier alpha value is -1.47. The van der Waals surface area contributed by atoms with Crippen LogP contribution < -0.4 is 5.73 Å². The standard InChI is InChI=1S/C11H17N5O9P2/c12-9-6-10(14-3-13-9)16(4-15-6)11-8(18)7(17)5(24-11)1-2-26(19,20)25-27(21,22)23/h3-5,7-8,11,17-18H,1-2H2,(H,19,20)(H2,12,13,14)(H2,21,22,23)/t5-,7-,8-,11-/m1/s1. The number of phosphoric acid groups is 1. The van der Waals surface area contributed by atoms with Gasteiger partial charge in [0.1, 0.15) is 24.1 Å². The van der Waals surface area contributed by atoms with E-state index in [1.165, 1.54) is 17.2 Å². The first-order valence-electron chi connectivity index (χ1n) is 7.52. The number of aliphatic hydroxyl groups is 2. The summed E-state index contributed by atoms with van der Waals surface area (Å²) < 4.78 is 33.1. The Kier molecular flexibility index (Phi) is 5.38. The molecule has 150 valence electrons. The van der Waals surface area contributed by atoms with E-state index < -0.39 is 46.1 Å². The summed E-state index contributed by atoms with van der Waals surface area (Å²) in [6, 6.07) is 0. The van der Waals surface area contributed by atoms with E-state index in [0.29, 0.717) is 0 Å². The number of hydrogen-bond donors (Lipinski definition) is 6. The van der Waals surface area contributed by atoms with Crippen molar-refractivity contribution in [1.82, 2.24) is 19.5 Å². The number of ether oxygens (including phenoxy) is 1. The van der Waals surface area contributed by atoms with E-state index in [9.17, 15) is 24.2 Å². The van der Waals surface area contributed by atoms with Crippen LogP contribution >= 0.6 is 15.4 Å². The molecule has 0 bridgehead atoms. The Balaban J connectivity index is 1.75. The summed E-state index contributed by atoms with van der Waals surface area (Å²) in [6.07, 6.45) is -3.65. The van der Waals surface area contributed by atoms with Crippen LogP contribution in [0.2, 0.25) is 0 Å². The van der Waals surface area contributed by atoms with Crippen LogP contribution in [0.5, 0.6) is 0 Å². The Bertz CT molecular complexity index is 932. The largest absolute Gasteiger partial charge is 0.476 e. The van der Waals surface area contributed by atoms with Gasteiger partial charge >= 0.3 is 15.4 Å². The molecular weight excluding hydrogens is 408 g/mol. The van der Waals surface area contributed by atoms with Crippen LogP contribution in [-0.4, -0.2) is 68.9 Å². The van der Waals surface area contributed by atoms with Crippen molar-refractivity contribution in [3.05, 3.63) is 12.7 Å². The molecule has 27 heavy (non-hydrogen) atoms. The van der Waals surface area contributed by atoms with Crippen LogP contribution in [0.4, 0.5) is 5.82 Å². The van der Waals surface area contributed by atoms with Gasteiger partial charge in [-0.1, -0.05) is 0 Å². The molecule has 0 radical (unpaired) electrons. The number of anilines is 1. The molecule has 1 saturated heterocycles. The summed E-state index contributed by atoms with van der Waals surface area (Å²) in [7, 11) is -9.79. The van der Waals surface area contributed by atoms with Crippen molar-refractivity contribution in [2.24, 2.45) is 0 Å². The van der Waals surface area contributed by atoms with Crippen LogP contribution in [0.15, 0.2) is 12.7 Å². The molecule has 5 atom stereocenters. The highest BCUT2D eigenvalue weighted by Gasteiger charge is 2.45. The van der Waals surface area contributed by atoms with Crippen LogP contribution in [-0.2, 0) is 18.2 Å². The SMILES string of the molecule is Nc1ncnc2c1ncn2[C@@H]1O[C@H](CCP(=O)(O)OP(=O)(O)O)[C@@H](O)[C@H]1O. The van der Waals surface area contributed by atoms with E-state index in [1.54, 1.807) is 0 Å². The number of aliphatic hydroxyl groups excluding tert-OH is 2. The fourth-order valence-corrected chi connectivity index (χ4v) is 4.99. The van der Waals surface area contributed by atoms with E-state index >= 15 is 0 Å². The van der Waals surface area contributed by atoms with E-state index in [-0.39, 0.29) is 23.4 Å². The predicted octanol–water partition coefficient (Wildman–Crippen LogP) is -1.29. The first-order valence-corrected chi connectivity index (χ1v) is 10.8. The van der Waals surface area contributed by atoms with Crippen molar-refractivity contribution in [3.8, 4) is 0 Å². The number of nitrogens with zero attached hydrogens (tertiary/aromatic N) is 4. The van der Waals surface area contributed by atoms with Gasteiger partial charge in [-0.15, -0.1) is 0 Å². The number of imidazole rings is 1. The Morgan fingerprint density at radius 1 is 1.19 bits per heavy atom. The molecule has 14 nitrogen and oxygen atoms in total. The highest BCUT2D eigenvalue weighted by atomic mass is 31.3. The zero-order chi connectivity index (χ0) is 20.0. The Labute approximate surface area is 151 Å². The van der Waals surface area contributed by atoms with E-state index in [2.05, 4.69) is 19.3 Å². The number of aromatic nitrogens is 4. The topological polar surface area (TPSA) is 223 Å². The van der Waals surface area contributed by atoms with Gasteiger partial charge in [0.25, 0.3) is 0 Å². The molecule has 1 unspecified atom stereocenters. The molecular formula is C11H17N5O9P2. The van der Waals surface area contributed by atoms with Gasteiger partial charge in [0.05, 0.1) is 18.6 Å². The number of nitrogens with two attached hydrogens (primary N) is 1. The summed E-state index contributed by atoms with van der Waals surface area (Å²) in [4.78, 5) is 38.6. The Morgan fingerprint density at radius 2 is 1.89 bits per heavy atom. The number of fused-ring (bicyclic) bond motifs is 1. The molecule has 2 aromatic rings. The third-order valence-electron chi connectivity index (χ3n) is 3.93. The van der Waals surface area contributed by atoms with Crippen molar-refractivity contribution in [1.29, 1.82) is 0 Å². The second kappa shape index (κ2) is 7.17. The molecule has 0 saturated carbocycles. The molecule has 2 aromatic heterocycles. The van der Waals surface area contributed by atoms with Crippen molar-refractivity contribution < 1.29 is 43.1 Å². The number of hydrogen-bond acceptors (Lipinski definition) is 10. The lowest BCUT2D eigenvalue weighted by Crippen LogP contribution is -2.32. The lowest BCUT2D eigenvalue weighted by molar-refractivity contribution is -0.0355. The minimum atomic E-state index is -5.16. The average molecular weight is 425 g/mol. The lowest BCUT2D eigenvalue weighted by Gasteiger charge is -2.17. The summed E-state index contributed by atoms with van der Waals surface area (Å²) >= 11 is 0. The Morgan fingerprint density at radius 3 is 2.56 bits per heavy atom. The molecule has 7 N–H and O–H groups in total. The van der Waals surface area contributed by atoms with Gasteiger partial charge in [0.2, 0.25) is 0 Å². The fraction of sp³-hybridized carbons (Fsp3) is 0.545. The minimum absolute atomic E-state index is 0.110. The quantitative estimate of drug-likeness (QED) is 0.297. The van der Waals surface area contributed by atoms with E-state index in [1.807, 2.05) is 0 Å². The summed E-state index contributed by atoms with van der Waals surface area (Å²) in [5.41, 5.74) is 6.20. The summed E-state index contributed by atoms with van der Waals surface area (Å²) in [5.74, 6) is 0.110. The first kappa shape index (κ1) is 20.3. The molecule has 0 spiro atoms. The second-order valence-corrected chi connectivity index (χ2v) is 9.21. The van der Waals surface area contributed by atoms with Crippen molar-refractivity contribution in [2.45, 2.75) is 31.0 Å². The van der Waals surface area contributed by atoms with Crippen LogP contribution in [0.3, 0.4) is 0 Å². The molecule has 1 aliphatic rings. The van der Waals surface area contributed by atoms with Gasteiger partial charge in [-0.05, 0) is 6.42 Å². The molecule has 1 fully saturated rings. The predicted molar refractivity (Wildman–Crippen MR) is 88.1 cm³/mol. The van der Waals surface area contributed by atoms with Crippen molar-refractivity contribution in [2.75, 3.05) is 11.9 Å². The maximum absolute atomic E-state index is 11.7. The second-order valence-electron chi connectivity index (χ2n) is 5.85. The lowest BCUT2D eigenvalue weighted by atomic mass is 10.1. The maximum Gasteiger partial charge on any atom is 0.476 e. The number of nitrogen functional groups attached to an aromatic ring is 1. The van der Waals surface area contributed by atoms with Crippen LogP contribution in [0.1, 0.15) is 12.6 Å². The normalized spacial score (nSPS) is 28.5. The third-order valence-corrected chi connectivity index (χ3v) is 6.62. The summed E-state index contributed by atoms with van der Waals surface area (Å²) in [6.45, 7) is 0. The zero-order valence-electron chi connectivity index (χ0n) is 13.5. The van der Waals surface area contributed by atoms with Gasteiger partial charge in [0, 0.05) is 0 Å². The highest BCUT2D eigenvalue weighted by molar-refractivity contribution is 7.63. The van der Waals surface area contributed by atoms with Crippen LogP contribution in [0, 0.1) is 0 Å².